The summed E-state index contributed by atoms with van der Waals surface area (Å²) < 4.78 is 5.13. The Morgan fingerprint density at radius 2 is 2.09 bits per heavy atom. The van der Waals surface area contributed by atoms with E-state index in [0.717, 1.165) is 0 Å². The molecule has 0 spiro atoms. The molecule has 1 saturated heterocycles. The van der Waals surface area contributed by atoms with Crippen molar-refractivity contribution in [1.82, 2.24) is 15.7 Å². The summed E-state index contributed by atoms with van der Waals surface area (Å²) in [6.07, 6.45) is 1.58. The molecule has 0 saturated carbocycles. The highest BCUT2D eigenvalue weighted by Gasteiger charge is 2.25. The molecule has 2 rings (SSSR count). The van der Waals surface area contributed by atoms with Gasteiger partial charge < -0.3 is 15.0 Å². The molecule has 22 heavy (non-hydrogen) atoms. The van der Waals surface area contributed by atoms with E-state index in [-0.39, 0.29) is 30.7 Å². The summed E-state index contributed by atoms with van der Waals surface area (Å²) in [5, 5.41) is 10.8. The highest BCUT2D eigenvalue weighted by atomic mass is 16.5. The number of nitrogens with one attached hydrogen (secondary N) is 2. The van der Waals surface area contributed by atoms with Crippen LogP contribution in [-0.4, -0.2) is 48.0 Å². The van der Waals surface area contributed by atoms with Gasteiger partial charge in [-0.1, -0.05) is 12.1 Å². The monoisotopic (exact) mass is 305 g/mol. The third kappa shape index (κ3) is 3.61. The number of likely N-dealkylation sites (N-methyl/N-ethyl adjacent to an activating group) is 1. The van der Waals surface area contributed by atoms with Crippen LogP contribution in [0.4, 0.5) is 0 Å². The molecule has 1 aliphatic rings. The lowest BCUT2D eigenvalue weighted by Gasteiger charge is -2.25. The minimum atomic E-state index is -0.662. The zero-order valence-corrected chi connectivity index (χ0v) is 11.8. The van der Waals surface area contributed by atoms with Crippen LogP contribution in [0.3, 0.4) is 0 Å². The maximum absolute atomic E-state index is 11.8. The Morgan fingerprint density at radius 3 is 2.73 bits per heavy atom. The Balaban J connectivity index is 2.09. The van der Waals surface area contributed by atoms with E-state index in [2.05, 4.69) is 5.32 Å². The van der Waals surface area contributed by atoms with Gasteiger partial charge in [0, 0.05) is 7.05 Å². The van der Waals surface area contributed by atoms with E-state index in [1.54, 1.807) is 30.3 Å². The van der Waals surface area contributed by atoms with Gasteiger partial charge >= 0.3 is 0 Å². The number of nitrogens with zero attached hydrogens (tertiary/aromatic N) is 1. The summed E-state index contributed by atoms with van der Waals surface area (Å²) in [6.45, 7) is -0.317. The maximum atomic E-state index is 11.8. The predicted octanol–water partition coefficient (Wildman–Crippen LogP) is -0.500. The number of rotatable bonds is 4. The van der Waals surface area contributed by atoms with Crippen LogP contribution in [0.25, 0.3) is 6.08 Å². The molecule has 0 atom stereocenters. The predicted molar refractivity (Wildman–Crippen MR) is 75.6 cm³/mol. The van der Waals surface area contributed by atoms with E-state index in [9.17, 15) is 14.4 Å². The average Bonchev–Trinajstić information content (AvgIpc) is 2.54. The number of hydrogen-bond donors (Lipinski definition) is 3. The molecule has 0 aromatic heterocycles. The fourth-order valence-electron chi connectivity index (χ4n) is 1.81. The fourth-order valence-corrected chi connectivity index (χ4v) is 1.81. The van der Waals surface area contributed by atoms with E-state index in [1.807, 2.05) is 0 Å². The first kappa shape index (κ1) is 15.5. The van der Waals surface area contributed by atoms with Crippen molar-refractivity contribution in [2.24, 2.45) is 0 Å². The molecule has 8 heteroatoms. The second-order valence-corrected chi connectivity index (χ2v) is 4.56. The van der Waals surface area contributed by atoms with Crippen LogP contribution < -0.4 is 15.5 Å². The highest BCUT2D eigenvalue weighted by molar-refractivity contribution is 6.05. The smallest absolute Gasteiger partial charge is 0.281 e. The molecule has 0 bridgehead atoms. The zero-order valence-electron chi connectivity index (χ0n) is 11.8. The van der Waals surface area contributed by atoms with Crippen LogP contribution in [0, 0.1) is 0 Å². The molecule has 116 valence electrons. The number of carbonyl (C=O) groups excluding carboxylic acids is 3. The molecule has 8 nitrogen and oxygen atoms in total. The largest absolute Gasteiger partial charge is 0.484 e. The molecule has 3 N–H and O–H groups in total. The lowest BCUT2D eigenvalue weighted by atomic mass is 10.1. The van der Waals surface area contributed by atoms with Gasteiger partial charge in [-0.15, -0.1) is 0 Å². The van der Waals surface area contributed by atoms with E-state index >= 15 is 0 Å². The lowest BCUT2D eigenvalue weighted by molar-refractivity contribution is -0.135. The van der Waals surface area contributed by atoms with Crippen molar-refractivity contribution in [2.45, 2.75) is 0 Å². The summed E-state index contributed by atoms with van der Waals surface area (Å²) in [7, 11) is 1.54. The SMILES string of the molecule is CN1C(=O)CNC(=O)/C1=C/c1ccc(OCC(=O)NO)cc1. The quantitative estimate of drug-likeness (QED) is 0.395. The van der Waals surface area contributed by atoms with E-state index in [0.29, 0.717) is 11.3 Å². The molecule has 1 heterocycles. The van der Waals surface area contributed by atoms with Crippen molar-refractivity contribution < 1.29 is 24.3 Å². The minimum absolute atomic E-state index is 0.00757. The van der Waals surface area contributed by atoms with Gasteiger partial charge in [-0.05, 0) is 23.8 Å². The van der Waals surface area contributed by atoms with Gasteiger partial charge in [-0.2, -0.15) is 0 Å². The van der Waals surface area contributed by atoms with Gasteiger partial charge in [0.1, 0.15) is 11.4 Å². The van der Waals surface area contributed by atoms with Crippen LogP contribution in [0.15, 0.2) is 30.0 Å². The van der Waals surface area contributed by atoms with Gasteiger partial charge in [0.25, 0.3) is 11.8 Å². The number of hydrogen-bond acceptors (Lipinski definition) is 5. The normalized spacial score (nSPS) is 16.5. The van der Waals surface area contributed by atoms with E-state index in [1.165, 1.54) is 17.4 Å². The fraction of sp³-hybridized carbons (Fsp3) is 0.214. The number of hydroxylamine groups is 1. The van der Waals surface area contributed by atoms with Crippen LogP contribution in [0.2, 0.25) is 0 Å². The first-order chi connectivity index (χ1) is 10.5. The Morgan fingerprint density at radius 1 is 1.41 bits per heavy atom. The number of amides is 3. The maximum Gasteiger partial charge on any atom is 0.281 e. The lowest BCUT2D eigenvalue weighted by Crippen LogP contribution is -2.47. The van der Waals surface area contributed by atoms with Gasteiger partial charge in [0.2, 0.25) is 5.91 Å². The zero-order chi connectivity index (χ0) is 16.1. The van der Waals surface area contributed by atoms with Gasteiger partial charge in [0.15, 0.2) is 6.61 Å². The van der Waals surface area contributed by atoms with Gasteiger partial charge in [-0.25, -0.2) is 5.48 Å². The van der Waals surface area contributed by atoms with Crippen molar-refractivity contribution in [3.8, 4) is 5.75 Å². The Hall–Kier alpha value is -2.87. The molecule has 1 fully saturated rings. The van der Waals surface area contributed by atoms with Crippen LogP contribution in [-0.2, 0) is 14.4 Å². The molecule has 1 aromatic rings. The molecule has 1 aromatic carbocycles. The van der Waals surface area contributed by atoms with Crippen LogP contribution >= 0.6 is 0 Å². The Kier molecular flexibility index (Phi) is 4.74. The topological polar surface area (TPSA) is 108 Å². The third-order valence-corrected chi connectivity index (χ3v) is 3.05. The third-order valence-electron chi connectivity index (χ3n) is 3.05. The van der Waals surface area contributed by atoms with Crippen LogP contribution in [0.5, 0.6) is 5.75 Å². The van der Waals surface area contributed by atoms with Crippen molar-refractivity contribution >= 4 is 23.8 Å². The number of ether oxygens (including phenoxy) is 1. The number of piperazine rings is 1. The molecule has 1 aliphatic heterocycles. The Bertz CT molecular complexity index is 624. The number of carbonyl (C=O) groups is 3. The second kappa shape index (κ2) is 6.72. The highest BCUT2D eigenvalue weighted by Crippen LogP contribution is 2.17. The van der Waals surface area contributed by atoms with Crippen molar-refractivity contribution in [1.29, 1.82) is 0 Å². The first-order valence-corrected chi connectivity index (χ1v) is 6.43. The summed E-state index contributed by atoms with van der Waals surface area (Å²) >= 11 is 0. The second-order valence-electron chi connectivity index (χ2n) is 4.56. The first-order valence-electron chi connectivity index (χ1n) is 6.43. The molecule has 0 unspecified atom stereocenters. The number of benzene rings is 1. The molecular formula is C14H15N3O5. The Labute approximate surface area is 126 Å². The van der Waals surface area contributed by atoms with E-state index < -0.39 is 5.91 Å². The van der Waals surface area contributed by atoms with Crippen LogP contribution in [0.1, 0.15) is 5.56 Å². The average molecular weight is 305 g/mol. The summed E-state index contributed by atoms with van der Waals surface area (Å²) in [4.78, 5) is 35.5. The molecular weight excluding hydrogens is 290 g/mol. The molecule has 0 aliphatic carbocycles. The van der Waals surface area contributed by atoms with E-state index in [4.69, 9.17) is 9.94 Å². The van der Waals surface area contributed by atoms with Gasteiger partial charge in [0.05, 0.1) is 6.54 Å². The van der Waals surface area contributed by atoms with Gasteiger partial charge in [-0.3, -0.25) is 19.6 Å². The van der Waals surface area contributed by atoms with Crippen molar-refractivity contribution in [2.75, 3.05) is 20.2 Å². The summed E-state index contributed by atoms with van der Waals surface area (Å²) in [5.41, 5.74) is 2.41. The standard InChI is InChI=1S/C14H15N3O5/c1-17-11(14(20)15-7-13(17)19)6-9-2-4-10(5-3-9)22-8-12(18)16-21/h2-6,21H,7-8H2,1H3,(H,15,20)(H,16,18)/b11-6-. The minimum Gasteiger partial charge on any atom is -0.484 e. The van der Waals surface area contributed by atoms with Crippen molar-refractivity contribution in [3.63, 3.8) is 0 Å². The van der Waals surface area contributed by atoms with Crippen molar-refractivity contribution in [3.05, 3.63) is 35.5 Å². The molecule has 0 radical (unpaired) electrons. The summed E-state index contributed by atoms with van der Waals surface area (Å²) in [6, 6.07) is 6.58. The molecule has 3 amide bonds. The summed E-state index contributed by atoms with van der Waals surface area (Å²) in [5.74, 6) is -0.739.